The second-order valence-electron chi connectivity index (χ2n) is 8.00. The van der Waals surface area contributed by atoms with E-state index in [1.165, 1.54) is 7.11 Å². The molecule has 6 nitrogen and oxygen atoms in total. The van der Waals surface area contributed by atoms with Crippen LogP contribution >= 0.6 is 0 Å². The second-order valence-corrected chi connectivity index (χ2v) is 8.00. The maximum atomic E-state index is 13.0. The van der Waals surface area contributed by atoms with Crippen molar-refractivity contribution in [3.05, 3.63) is 47.2 Å². The summed E-state index contributed by atoms with van der Waals surface area (Å²) in [6.07, 6.45) is 2.96. The molecule has 4 aliphatic rings. The molecule has 1 aromatic heterocycles. The Morgan fingerprint density at radius 1 is 1.44 bits per heavy atom. The number of carbonyl (C=O) groups excluding carboxylic acids is 1. The molecular formula is C21H24N2O4. The fourth-order valence-corrected chi connectivity index (χ4v) is 5.89. The number of methoxy groups -OCH3 is 1. The van der Waals surface area contributed by atoms with Crippen molar-refractivity contribution in [3.8, 4) is 0 Å². The molecular weight excluding hydrogens is 344 g/mol. The number of H-pyrrole nitrogens is 1. The summed E-state index contributed by atoms with van der Waals surface area (Å²) >= 11 is 0. The highest BCUT2D eigenvalue weighted by atomic mass is 16.5. The molecule has 6 heteroatoms. The number of aliphatic hydroxyl groups excluding tert-OH is 1. The van der Waals surface area contributed by atoms with Crippen molar-refractivity contribution in [3.63, 3.8) is 0 Å². The number of aromatic amines is 1. The molecule has 1 aromatic carbocycles. The molecule has 0 aliphatic carbocycles. The lowest BCUT2D eigenvalue weighted by atomic mass is 9.54. The van der Waals surface area contributed by atoms with Crippen LogP contribution in [-0.2, 0) is 21.7 Å². The zero-order chi connectivity index (χ0) is 19.0. The Kier molecular flexibility index (Phi) is 3.42. The summed E-state index contributed by atoms with van der Waals surface area (Å²) in [7, 11) is 1.37. The average Bonchev–Trinajstić information content (AvgIpc) is 3.07. The number of rotatable bonds is 2. The van der Waals surface area contributed by atoms with E-state index >= 15 is 0 Å². The van der Waals surface area contributed by atoms with Crippen molar-refractivity contribution in [2.24, 2.45) is 11.3 Å². The number of nitrogens with one attached hydrogen (secondary N) is 1. The van der Waals surface area contributed by atoms with Crippen LogP contribution in [0.2, 0.25) is 0 Å². The lowest BCUT2D eigenvalue weighted by Crippen LogP contribution is -2.75. The summed E-state index contributed by atoms with van der Waals surface area (Å²) in [5.41, 5.74) is 1.71. The zero-order valence-corrected chi connectivity index (χ0v) is 15.5. The Labute approximate surface area is 157 Å². The first-order valence-electron chi connectivity index (χ1n) is 9.44. The quantitative estimate of drug-likeness (QED) is 0.555. The average molecular weight is 368 g/mol. The van der Waals surface area contributed by atoms with Crippen molar-refractivity contribution in [1.29, 1.82) is 0 Å². The van der Waals surface area contributed by atoms with Gasteiger partial charge < -0.3 is 19.9 Å². The molecule has 2 aromatic rings. The van der Waals surface area contributed by atoms with E-state index < -0.39 is 17.1 Å². The highest BCUT2D eigenvalue weighted by Gasteiger charge is 2.69. The van der Waals surface area contributed by atoms with Crippen LogP contribution in [0.25, 0.3) is 10.9 Å². The van der Waals surface area contributed by atoms with Crippen molar-refractivity contribution >= 4 is 16.9 Å². The van der Waals surface area contributed by atoms with E-state index in [-0.39, 0.29) is 18.6 Å². The summed E-state index contributed by atoms with van der Waals surface area (Å²) in [6, 6.07) is 7.69. The first-order chi connectivity index (χ1) is 13.0. The minimum Gasteiger partial charge on any atom is -0.468 e. The second kappa shape index (κ2) is 5.44. The highest BCUT2D eigenvalue weighted by Crippen LogP contribution is 2.61. The molecule has 27 heavy (non-hydrogen) atoms. The van der Waals surface area contributed by atoms with Crippen LogP contribution in [-0.4, -0.2) is 52.4 Å². The fraction of sp³-hybridized carbons (Fsp3) is 0.476. The lowest BCUT2D eigenvalue weighted by Gasteiger charge is -2.65. The first-order valence-corrected chi connectivity index (χ1v) is 9.44. The number of para-hydroxylation sites is 1. The molecule has 5 atom stereocenters. The number of hydrogen-bond acceptors (Lipinski definition) is 5. The summed E-state index contributed by atoms with van der Waals surface area (Å²) < 4.78 is 5.17. The van der Waals surface area contributed by atoms with E-state index in [1.807, 2.05) is 42.2 Å². The number of aromatic nitrogens is 1. The number of piperidine rings is 3. The molecule has 3 saturated heterocycles. The van der Waals surface area contributed by atoms with Crippen LogP contribution in [0.3, 0.4) is 0 Å². The van der Waals surface area contributed by atoms with Crippen LogP contribution in [0.5, 0.6) is 0 Å². The Morgan fingerprint density at radius 2 is 2.22 bits per heavy atom. The Hall–Kier alpha value is -2.15. The van der Waals surface area contributed by atoms with Gasteiger partial charge in [-0.1, -0.05) is 29.8 Å². The van der Waals surface area contributed by atoms with Gasteiger partial charge in [0.25, 0.3) is 0 Å². The maximum Gasteiger partial charge on any atom is 0.316 e. The van der Waals surface area contributed by atoms with E-state index in [9.17, 15) is 15.0 Å². The Bertz CT molecular complexity index is 980. The summed E-state index contributed by atoms with van der Waals surface area (Å²) in [4.78, 5) is 18.4. The smallest absolute Gasteiger partial charge is 0.316 e. The van der Waals surface area contributed by atoms with Crippen LogP contribution in [0.1, 0.15) is 24.6 Å². The third-order valence-corrected chi connectivity index (χ3v) is 7.17. The Balaban J connectivity index is 1.78. The molecule has 4 bridgehead atoms. The predicted octanol–water partition coefficient (Wildman–Crippen LogP) is 1.67. The van der Waals surface area contributed by atoms with Crippen molar-refractivity contribution in [1.82, 2.24) is 9.88 Å². The lowest BCUT2D eigenvalue weighted by molar-refractivity contribution is -0.252. The number of esters is 1. The third-order valence-electron chi connectivity index (χ3n) is 7.17. The van der Waals surface area contributed by atoms with E-state index in [4.69, 9.17) is 4.74 Å². The molecule has 5 heterocycles. The van der Waals surface area contributed by atoms with Gasteiger partial charge in [0.15, 0.2) is 5.72 Å². The van der Waals surface area contributed by atoms with E-state index in [0.717, 1.165) is 27.7 Å². The molecule has 6 rings (SSSR count). The summed E-state index contributed by atoms with van der Waals surface area (Å²) in [6.45, 7) is 2.25. The zero-order valence-electron chi connectivity index (χ0n) is 15.5. The Morgan fingerprint density at radius 3 is 2.93 bits per heavy atom. The molecule has 3 fully saturated rings. The predicted molar refractivity (Wildman–Crippen MR) is 99.8 cm³/mol. The number of carbonyl (C=O) groups is 1. The monoisotopic (exact) mass is 368 g/mol. The van der Waals surface area contributed by atoms with Gasteiger partial charge in [0, 0.05) is 35.8 Å². The molecule has 1 unspecified atom stereocenters. The van der Waals surface area contributed by atoms with Gasteiger partial charge in [-0.15, -0.1) is 0 Å². The van der Waals surface area contributed by atoms with Crippen molar-refractivity contribution < 1.29 is 19.7 Å². The van der Waals surface area contributed by atoms with Gasteiger partial charge in [-0.25, -0.2) is 0 Å². The van der Waals surface area contributed by atoms with Crippen molar-refractivity contribution in [2.75, 3.05) is 20.3 Å². The van der Waals surface area contributed by atoms with Gasteiger partial charge in [-0.3, -0.25) is 9.69 Å². The highest BCUT2D eigenvalue weighted by molar-refractivity contribution is 5.86. The first kappa shape index (κ1) is 17.0. The SMILES string of the molecule is C/C=C1/CN2[C@H]3Cc4c([nH]c5ccccc45)[C@]2(O)C[C@@H]1[C@@]3(CO)C(=O)OC. The number of benzene rings is 1. The number of aliphatic hydroxyl groups is 2. The van der Waals surface area contributed by atoms with Crippen LogP contribution in [0, 0.1) is 11.3 Å². The van der Waals surface area contributed by atoms with E-state index in [0.29, 0.717) is 19.4 Å². The number of hydrogen-bond donors (Lipinski definition) is 3. The molecule has 142 valence electrons. The normalized spacial score (nSPS) is 38.2. The minimum absolute atomic E-state index is 0.250. The van der Waals surface area contributed by atoms with Gasteiger partial charge in [-0.2, -0.15) is 0 Å². The van der Waals surface area contributed by atoms with Gasteiger partial charge in [0.2, 0.25) is 0 Å². The number of nitrogens with zero attached hydrogens (tertiary/aromatic N) is 1. The summed E-state index contributed by atoms with van der Waals surface area (Å²) in [5, 5.41) is 23.3. The molecule has 0 radical (unpaired) electrons. The van der Waals surface area contributed by atoms with Crippen molar-refractivity contribution in [2.45, 2.75) is 31.5 Å². The summed E-state index contributed by atoms with van der Waals surface area (Å²) in [5.74, 6) is -0.645. The number of ether oxygens (including phenoxy) is 1. The number of allylic oxidation sites excluding steroid dienone is 1. The standard InChI is InChI=1S/C21H24N2O4/c1-3-12-10-23-17-8-14-13-6-4-5-7-16(13)22-18(14)21(23,26)9-15(12)20(17,11-24)19(25)27-2/h3-7,15,17,22,24,26H,8-11H2,1-2H3/b12-3-/t15-,17-,20+,21+/m0/s1. The topological polar surface area (TPSA) is 85.8 Å². The van der Waals surface area contributed by atoms with E-state index in [2.05, 4.69) is 4.98 Å². The molecule has 4 aliphatic heterocycles. The largest absolute Gasteiger partial charge is 0.468 e. The van der Waals surface area contributed by atoms with Gasteiger partial charge in [-0.05, 0) is 25.0 Å². The maximum absolute atomic E-state index is 13.0. The van der Waals surface area contributed by atoms with E-state index in [1.54, 1.807) is 0 Å². The molecule has 0 spiro atoms. The van der Waals surface area contributed by atoms with Gasteiger partial charge in [0.1, 0.15) is 5.41 Å². The van der Waals surface area contributed by atoms with Crippen LogP contribution in [0.4, 0.5) is 0 Å². The molecule has 3 N–H and O–H groups in total. The minimum atomic E-state index is -1.17. The van der Waals surface area contributed by atoms with Gasteiger partial charge >= 0.3 is 5.97 Å². The van der Waals surface area contributed by atoms with Crippen LogP contribution in [0.15, 0.2) is 35.9 Å². The van der Waals surface area contributed by atoms with Gasteiger partial charge in [0.05, 0.1) is 19.4 Å². The third kappa shape index (κ3) is 1.83. The molecule has 0 saturated carbocycles. The van der Waals surface area contributed by atoms with Crippen LogP contribution < -0.4 is 0 Å². The molecule has 0 amide bonds. The number of fused-ring (bicyclic) bond motifs is 4. The fourth-order valence-electron chi connectivity index (χ4n) is 5.89.